The van der Waals surface area contributed by atoms with Crippen LogP contribution in [0.15, 0.2) is 59.1 Å². The van der Waals surface area contributed by atoms with Crippen LogP contribution in [-0.2, 0) is 57.8 Å². The molecule has 2 saturated heterocycles. The molecule has 2 aliphatic rings. The third kappa shape index (κ3) is 15.3. The zero-order valence-electron chi connectivity index (χ0n) is 38.0. The van der Waals surface area contributed by atoms with Crippen LogP contribution in [0.3, 0.4) is 0 Å². The Morgan fingerprint density at radius 2 is 1.73 bits per heavy atom. The van der Waals surface area contributed by atoms with Crippen molar-refractivity contribution in [2.75, 3.05) is 31.2 Å². The van der Waals surface area contributed by atoms with Gasteiger partial charge in [-0.15, -0.1) is 0 Å². The van der Waals surface area contributed by atoms with Crippen molar-refractivity contribution in [2.45, 2.75) is 108 Å². The van der Waals surface area contributed by atoms with E-state index in [0.717, 1.165) is 10.9 Å². The molecule has 0 aliphatic carbocycles. The van der Waals surface area contributed by atoms with Gasteiger partial charge in [-0.3, -0.25) is 22.7 Å². The van der Waals surface area contributed by atoms with Crippen molar-refractivity contribution in [3.8, 4) is 0 Å². The summed E-state index contributed by atoms with van der Waals surface area (Å²) in [4.78, 5) is 100. The molecule has 1 aromatic carbocycles. The monoisotopic (exact) mass is 1040 g/mol. The highest BCUT2D eigenvalue weighted by atomic mass is 31.2. The Morgan fingerprint density at radius 3 is 2.42 bits per heavy atom. The van der Waals surface area contributed by atoms with Crippen LogP contribution in [0.2, 0.25) is 0 Å². The molecule has 2 aliphatic heterocycles. The Labute approximate surface area is 401 Å². The Morgan fingerprint density at radius 1 is 1.00 bits per heavy atom. The SMILES string of the molecule is CC(C)(C)OC(=O)N[C@H](CCCCNC(=O)OCc1ccc(N=[N+]=[N-])cc1)C(=O)OC1C(COP(=O)(O)O[C@H]2C[C@H](n3ccc(N)nc3=O)O[C@@H]2COP(=O)(O)O)OC(n2cnc3c(N)ncnc32)C1O. The van der Waals surface area contributed by atoms with Gasteiger partial charge >= 0.3 is 39.5 Å². The first-order valence-electron chi connectivity index (χ1n) is 21.4. The number of nitrogen functional groups attached to an aromatic ring is 2. The lowest BCUT2D eigenvalue weighted by Crippen LogP contribution is -2.47. The van der Waals surface area contributed by atoms with Gasteiger partial charge in [-0.05, 0) is 57.2 Å². The molecule has 5 unspecified atom stereocenters. The van der Waals surface area contributed by atoms with Crippen molar-refractivity contribution in [1.29, 1.82) is 0 Å². The minimum Gasteiger partial charge on any atom is -0.455 e. The predicted molar refractivity (Wildman–Crippen MR) is 240 cm³/mol. The number of hydrogen-bond donors (Lipinski definition) is 8. The number of nitrogens with zero attached hydrogens (tertiary/aromatic N) is 9. The van der Waals surface area contributed by atoms with E-state index in [4.69, 9.17) is 49.7 Å². The average molecular weight is 1040 g/mol. The predicted octanol–water partition coefficient (Wildman–Crippen LogP) is 2.25. The van der Waals surface area contributed by atoms with Gasteiger partial charge < -0.3 is 65.6 Å². The molecule has 3 aromatic heterocycles. The van der Waals surface area contributed by atoms with Crippen molar-refractivity contribution in [2.24, 2.45) is 5.11 Å². The van der Waals surface area contributed by atoms with E-state index in [1.54, 1.807) is 45.0 Å². The number of carbonyl (C=O) groups is 3. The largest absolute Gasteiger partial charge is 0.472 e. The number of aliphatic hydroxyl groups is 1. The fourth-order valence-electron chi connectivity index (χ4n) is 7.09. The molecule has 33 heteroatoms. The number of phosphoric acid groups is 2. The summed E-state index contributed by atoms with van der Waals surface area (Å²) in [7, 11) is -10.4. The summed E-state index contributed by atoms with van der Waals surface area (Å²) in [6, 6.07) is 6.16. The van der Waals surface area contributed by atoms with Crippen LogP contribution in [0.25, 0.3) is 21.6 Å². The number of nitrogens with one attached hydrogen (secondary N) is 2. The molecule has 31 nitrogen and oxygen atoms in total. The first-order valence-corrected chi connectivity index (χ1v) is 24.4. The van der Waals surface area contributed by atoms with Crippen molar-refractivity contribution in [3.63, 3.8) is 0 Å². The summed E-state index contributed by atoms with van der Waals surface area (Å²) in [5, 5.41) is 20.3. The van der Waals surface area contributed by atoms with Gasteiger partial charge in [0.25, 0.3) is 0 Å². The van der Waals surface area contributed by atoms with E-state index in [9.17, 15) is 48.1 Å². The molecule has 0 bridgehead atoms. The molecular weight excluding hydrogens is 988 g/mol. The fourth-order valence-corrected chi connectivity index (χ4v) is 8.39. The number of benzene rings is 1. The van der Waals surface area contributed by atoms with E-state index in [-0.39, 0.29) is 61.6 Å². The van der Waals surface area contributed by atoms with Crippen LogP contribution < -0.4 is 27.8 Å². The van der Waals surface area contributed by atoms with Gasteiger partial charge in [0.2, 0.25) is 0 Å². The number of nitrogens with two attached hydrogens (primary N) is 2. The molecule has 10 N–H and O–H groups in total. The summed E-state index contributed by atoms with van der Waals surface area (Å²) >= 11 is 0. The summed E-state index contributed by atoms with van der Waals surface area (Å²) in [6.45, 7) is 2.95. The molecule has 386 valence electrons. The zero-order valence-corrected chi connectivity index (χ0v) is 39.8. The third-order valence-corrected chi connectivity index (χ3v) is 11.8. The van der Waals surface area contributed by atoms with Gasteiger partial charge in [-0.25, -0.2) is 43.3 Å². The number of esters is 1. The second-order valence-electron chi connectivity index (χ2n) is 16.7. The number of aromatic nitrogens is 6. The normalized spacial score (nSPS) is 22.5. The first-order chi connectivity index (χ1) is 33.5. The van der Waals surface area contributed by atoms with Gasteiger partial charge in [0.15, 0.2) is 23.8 Å². The minimum atomic E-state index is -5.29. The topological polar surface area (TPSA) is 443 Å². The van der Waals surface area contributed by atoms with Crippen LogP contribution in [0, 0.1) is 0 Å². The van der Waals surface area contributed by atoms with Crippen LogP contribution >= 0.6 is 15.6 Å². The first kappa shape index (κ1) is 54.0. The van der Waals surface area contributed by atoms with Crippen molar-refractivity contribution in [3.05, 3.63) is 75.7 Å². The van der Waals surface area contributed by atoms with E-state index in [1.165, 1.54) is 23.2 Å². The van der Waals surface area contributed by atoms with Gasteiger partial charge in [0.05, 0.1) is 19.5 Å². The lowest BCUT2D eigenvalue weighted by Gasteiger charge is -2.26. The lowest BCUT2D eigenvalue weighted by atomic mass is 10.1. The number of hydrogen-bond acceptors (Lipinski definition) is 22. The molecule has 5 heterocycles. The molecule has 9 atom stereocenters. The van der Waals surface area contributed by atoms with Gasteiger partial charge in [-0.2, -0.15) is 4.98 Å². The van der Waals surface area contributed by atoms with Gasteiger partial charge in [0, 0.05) is 29.8 Å². The number of imidazole rings is 1. The maximum absolute atomic E-state index is 14.1. The van der Waals surface area contributed by atoms with E-state index in [1.807, 2.05) is 0 Å². The van der Waals surface area contributed by atoms with Crippen LogP contribution in [-0.4, -0.2) is 129 Å². The number of fused-ring (bicyclic) bond motifs is 1. The average Bonchev–Trinajstić information content (AvgIpc) is 3.98. The zero-order chi connectivity index (χ0) is 51.7. The smallest absolute Gasteiger partial charge is 0.455 e. The standard InChI is InChI=1S/C38H51N13O18P2/c1-38(2,3)68-37(56)46-22(6-4-5-12-42-36(55)62-15-20-7-9-21(10-8-20)48-49-41)34(53)67-30-25(66-33(29(30)52)51-19-45-28-31(40)43-18-44-32(28)51)17-64-71(60,61)69-23-14-27(50-13-11-26(39)47-35(50)54)65-24(23)16-63-70(57,58)59/h7-11,13,18-19,22-25,27,29-30,33,52H,4-6,12,14-17H2,1-3H3,(H,42,55)(H,46,56)(H,60,61)(H2,39,47,54)(H2,40,43,44)(H2,57,58,59)/t22-,23+,24-,25?,27-,29?,30?,33?/m1/s1. The minimum absolute atomic E-state index is 0.0269. The molecule has 71 heavy (non-hydrogen) atoms. The number of carbonyl (C=O) groups excluding carboxylic acids is 3. The maximum Gasteiger partial charge on any atom is 0.472 e. The highest BCUT2D eigenvalue weighted by Gasteiger charge is 2.50. The highest BCUT2D eigenvalue weighted by molar-refractivity contribution is 7.47. The number of ether oxygens (including phenoxy) is 5. The molecule has 2 amide bonds. The Bertz CT molecular complexity index is 2730. The number of alkyl carbamates (subject to hydrolysis) is 2. The van der Waals surface area contributed by atoms with E-state index < -0.39 is 107 Å². The number of unbranched alkanes of at least 4 members (excludes halogenated alkanes) is 1. The molecule has 4 aromatic rings. The van der Waals surface area contributed by atoms with Crippen molar-refractivity contribution < 1.29 is 80.6 Å². The number of anilines is 2. The second-order valence-corrected chi connectivity index (χ2v) is 19.3. The molecule has 2 fully saturated rings. The summed E-state index contributed by atoms with van der Waals surface area (Å²) in [5.41, 5.74) is 19.4. The lowest BCUT2D eigenvalue weighted by molar-refractivity contribution is -0.159. The van der Waals surface area contributed by atoms with Crippen LogP contribution in [0.1, 0.15) is 64.5 Å². The summed E-state index contributed by atoms with van der Waals surface area (Å²) < 4.78 is 70.9. The van der Waals surface area contributed by atoms with Crippen LogP contribution in [0.5, 0.6) is 0 Å². The Hall–Kier alpha value is -6.33. The fraction of sp³-hybridized carbons (Fsp3) is 0.526. The third-order valence-electron chi connectivity index (χ3n) is 10.3. The van der Waals surface area contributed by atoms with Gasteiger partial charge in [-0.1, -0.05) is 29.4 Å². The van der Waals surface area contributed by atoms with Gasteiger partial charge in [0.1, 0.15) is 66.6 Å². The number of azide groups is 1. The number of phosphoric ester groups is 2. The van der Waals surface area contributed by atoms with Crippen LogP contribution in [0.4, 0.5) is 26.9 Å². The molecular formula is C38H51N13O18P2. The quantitative estimate of drug-likeness (QED) is 0.0113. The van der Waals surface area contributed by atoms with E-state index in [2.05, 4.69) is 45.1 Å². The Kier molecular flexibility index (Phi) is 17.7. The highest BCUT2D eigenvalue weighted by Crippen LogP contribution is 2.50. The molecule has 0 saturated carbocycles. The molecule has 6 rings (SSSR count). The van der Waals surface area contributed by atoms with Crippen molar-refractivity contribution in [1.82, 2.24) is 39.7 Å². The number of amides is 2. The van der Waals surface area contributed by atoms with E-state index >= 15 is 0 Å². The number of aliphatic hydroxyl groups excluding tert-OH is 1. The second kappa shape index (κ2) is 23.3. The Balaban J connectivity index is 1.15. The molecule has 0 spiro atoms. The van der Waals surface area contributed by atoms with E-state index in [0.29, 0.717) is 11.3 Å². The summed E-state index contributed by atoms with van der Waals surface area (Å²) in [5.74, 6) is -1.27. The van der Waals surface area contributed by atoms with Crippen molar-refractivity contribution >= 4 is 62.3 Å². The number of rotatable bonds is 21. The molecule has 0 radical (unpaired) electrons. The maximum atomic E-state index is 14.1. The summed E-state index contributed by atoms with van der Waals surface area (Å²) in [6.07, 6.45) is -9.11.